The lowest BCUT2D eigenvalue weighted by Gasteiger charge is -2.20. The summed E-state index contributed by atoms with van der Waals surface area (Å²) in [6.45, 7) is 4.31. The van der Waals surface area contributed by atoms with Crippen molar-refractivity contribution in [3.8, 4) is 6.07 Å². The first kappa shape index (κ1) is 11.9. The lowest BCUT2D eigenvalue weighted by Crippen LogP contribution is -2.35. The number of hydrogen-bond donors (Lipinski definition) is 1. The van der Waals surface area contributed by atoms with E-state index in [-0.39, 0.29) is 23.6 Å². The van der Waals surface area contributed by atoms with Crippen molar-refractivity contribution >= 4 is 11.7 Å². The lowest BCUT2D eigenvalue weighted by atomic mass is 9.98. The molecule has 1 aliphatic carbocycles. The van der Waals surface area contributed by atoms with Gasteiger partial charge in [-0.3, -0.25) is 15.1 Å². The fourth-order valence-corrected chi connectivity index (χ4v) is 3.26. The third-order valence-electron chi connectivity index (χ3n) is 4.34. The number of nitrogens with zero attached hydrogens (tertiary/aromatic N) is 2. The summed E-state index contributed by atoms with van der Waals surface area (Å²) in [6.07, 6.45) is 0. The van der Waals surface area contributed by atoms with E-state index < -0.39 is 5.41 Å². The van der Waals surface area contributed by atoms with Crippen LogP contribution in [-0.4, -0.2) is 23.2 Å². The molecule has 4 nitrogen and oxygen atoms in total. The number of fused-ring (bicyclic) bond motifs is 1. The van der Waals surface area contributed by atoms with Crippen LogP contribution < -0.4 is 0 Å². The molecule has 1 saturated heterocycles. The van der Waals surface area contributed by atoms with Crippen molar-refractivity contribution in [2.75, 3.05) is 6.54 Å². The summed E-state index contributed by atoms with van der Waals surface area (Å²) < 4.78 is 0. The van der Waals surface area contributed by atoms with Crippen molar-refractivity contribution in [2.45, 2.75) is 19.8 Å². The van der Waals surface area contributed by atoms with Crippen molar-refractivity contribution in [3.05, 3.63) is 35.4 Å². The van der Waals surface area contributed by atoms with Gasteiger partial charge in [0.15, 0.2) is 0 Å². The molecule has 19 heavy (non-hydrogen) atoms. The molecule has 0 aromatic heterocycles. The summed E-state index contributed by atoms with van der Waals surface area (Å²) in [6, 6.07) is 10.1. The zero-order chi connectivity index (χ0) is 13.8. The number of aryl methyl sites for hydroxylation is 1. The van der Waals surface area contributed by atoms with E-state index in [1.807, 2.05) is 38.1 Å². The molecular formula is C15H15N3O. The Bertz CT molecular complexity index is 613. The van der Waals surface area contributed by atoms with Gasteiger partial charge in [-0.25, -0.2) is 0 Å². The van der Waals surface area contributed by atoms with Crippen LogP contribution in [0.1, 0.15) is 24.0 Å². The minimum atomic E-state index is -0.914. The van der Waals surface area contributed by atoms with Gasteiger partial charge in [-0.05, 0) is 19.4 Å². The van der Waals surface area contributed by atoms with Gasteiger partial charge < -0.3 is 0 Å². The third-order valence-corrected chi connectivity index (χ3v) is 4.34. The Balaban J connectivity index is 2.01. The van der Waals surface area contributed by atoms with Crippen LogP contribution in [0.15, 0.2) is 24.3 Å². The topological polar surface area (TPSA) is 68.0 Å². The molecular weight excluding hydrogens is 238 g/mol. The van der Waals surface area contributed by atoms with Crippen molar-refractivity contribution < 1.29 is 4.79 Å². The zero-order valence-electron chi connectivity index (χ0n) is 11.0. The molecule has 1 heterocycles. The van der Waals surface area contributed by atoms with Crippen LogP contribution in [0.2, 0.25) is 0 Å². The van der Waals surface area contributed by atoms with Gasteiger partial charge in [-0.15, -0.1) is 0 Å². The van der Waals surface area contributed by atoms with Gasteiger partial charge in [0.25, 0.3) is 0 Å². The second-order valence-electron chi connectivity index (χ2n) is 5.28. The Hall–Kier alpha value is -2.15. The van der Waals surface area contributed by atoms with Crippen molar-refractivity contribution in [2.24, 2.45) is 11.3 Å². The van der Waals surface area contributed by atoms with Gasteiger partial charge in [0.1, 0.15) is 11.3 Å². The molecule has 3 atom stereocenters. The summed E-state index contributed by atoms with van der Waals surface area (Å²) in [5.41, 5.74) is 1.23. The first-order chi connectivity index (χ1) is 9.07. The number of nitrogens with one attached hydrogen (secondary N) is 1. The predicted octanol–water partition coefficient (Wildman–Crippen LogP) is 2.06. The van der Waals surface area contributed by atoms with E-state index in [1.54, 1.807) is 0 Å². The van der Waals surface area contributed by atoms with Crippen LogP contribution in [0, 0.1) is 35.0 Å². The Labute approximate surface area is 112 Å². The van der Waals surface area contributed by atoms with Crippen molar-refractivity contribution in [1.82, 2.24) is 4.90 Å². The Morgan fingerprint density at radius 1 is 1.37 bits per heavy atom. The molecule has 1 aromatic carbocycles. The van der Waals surface area contributed by atoms with E-state index in [0.29, 0.717) is 6.54 Å². The highest BCUT2D eigenvalue weighted by molar-refractivity contribution is 6.16. The second kappa shape index (κ2) is 3.67. The fourth-order valence-electron chi connectivity index (χ4n) is 3.26. The molecule has 1 saturated carbocycles. The van der Waals surface area contributed by atoms with Gasteiger partial charge >= 0.3 is 0 Å². The molecule has 2 fully saturated rings. The lowest BCUT2D eigenvalue weighted by molar-refractivity contribution is -0.127. The molecule has 96 valence electrons. The quantitative estimate of drug-likeness (QED) is 0.876. The molecule has 2 aliphatic rings. The summed E-state index contributed by atoms with van der Waals surface area (Å²) in [5, 5.41) is 17.6. The van der Waals surface area contributed by atoms with Crippen LogP contribution in [-0.2, 0) is 4.79 Å². The number of amidine groups is 1. The zero-order valence-corrected chi connectivity index (χ0v) is 11.0. The van der Waals surface area contributed by atoms with Crippen LogP contribution in [0.4, 0.5) is 0 Å². The maximum Gasteiger partial charge on any atom is 0.233 e. The number of carbonyl (C=O) groups is 1. The molecule has 1 aromatic rings. The van der Waals surface area contributed by atoms with Crippen LogP contribution in [0.3, 0.4) is 0 Å². The summed E-state index contributed by atoms with van der Waals surface area (Å²) in [7, 11) is 0. The number of rotatable bonds is 2. The maximum absolute atomic E-state index is 12.2. The van der Waals surface area contributed by atoms with Crippen molar-refractivity contribution in [1.29, 1.82) is 10.7 Å². The molecule has 4 heteroatoms. The molecule has 1 amide bonds. The third kappa shape index (κ3) is 1.27. The minimum Gasteiger partial charge on any atom is -0.299 e. The number of hydrogen-bond acceptors (Lipinski definition) is 3. The highest BCUT2D eigenvalue weighted by Crippen LogP contribution is 2.69. The Morgan fingerprint density at radius 2 is 2.00 bits per heavy atom. The number of amides is 1. The van der Waals surface area contributed by atoms with Gasteiger partial charge in [-0.1, -0.05) is 29.8 Å². The standard InChI is InChI=1S/C15H15N3O/c1-3-18-13(19)12-11(15(12,8-16)14(18)17)10-6-4-9(2)5-7-10/h4-7,11-12,17H,3H2,1-2H3/t11-,12+,15+/m1/s1. The fraction of sp³-hybridized carbons (Fsp3) is 0.400. The number of piperidine rings is 1. The number of carbonyl (C=O) groups excluding carboxylic acids is 1. The van der Waals surface area contributed by atoms with E-state index in [2.05, 4.69) is 6.07 Å². The smallest absolute Gasteiger partial charge is 0.233 e. The monoisotopic (exact) mass is 253 g/mol. The van der Waals surface area contributed by atoms with Crippen molar-refractivity contribution in [3.63, 3.8) is 0 Å². The largest absolute Gasteiger partial charge is 0.299 e. The Kier molecular flexibility index (Phi) is 2.30. The molecule has 0 unspecified atom stereocenters. The second-order valence-corrected chi connectivity index (χ2v) is 5.28. The SMILES string of the molecule is CCN1C(=N)[C@]2(C#N)[C@H](C1=O)[C@H]2c1ccc(C)cc1. The van der Waals surface area contributed by atoms with Gasteiger partial charge in [0.05, 0.1) is 12.0 Å². The van der Waals surface area contributed by atoms with Gasteiger partial charge in [0.2, 0.25) is 5.91 Å². The maximum atomic E-state index is 12.2. The highest BCUT2D eigenvalue weighted by atomic mass is 16.2. The van der Waals surface area contributed by atoms with E-state index in [4.69, 9.17) is 5.41 Å². The molecule has 0 radical (unpaired) electrons. The van der Waals surface area contributed by atoms with E-state index in [9.17, 15) is 10.1 Å². The van der Waals surface area contributed by atoms with Gasteiger partial charge in [-0.2, -0.15) is 5.26 Å². The Morgan fingerprint density at radius 3 is 2.47 bits per heavy atom. The van der Waals surface area contributed by atoms with Crippen LogP contribution >= 0.6 is 0 Å². The molecule has 3 rings (SSSR count). The average Bonchev–Trinajstić information content (AvgIpc) is 3.04. The number of likely N-dealkylation sites (tertiary alicyclic amines) is 1. The number of nitriles is 1. The van der Waals surface area contributed by atoms with E-state index >= 15 is 0 Å². The molecule has 0 bridgehead atoms. The summed E-state index contributed by atoms with van der Waals surface area (Å²) in [4.78, 5) is 13.7. The molecule has 1 N–H and O–H groups in total. The number of benzene rings is 1. The minimum absolute atomic E-state index is 0.0698. The first-order valence-corrected chi connectivity index (χ1v) is 6.46. The molecule has 1 aliphatic heterocycles. The van der Waals surface area contributed by atoms with E-state index in [0.717, 1.165) is 11.1 Å². The van der Waals surface area contributed by atoms with Crippen LogP contribution in [0.5, 0.6) is 0 Å². The first-order valence-electron chi connectivity index (χ1n) is 6.46. The highest BCUT2D eigenvalue weighted by Gasteiger charge is 2.78. The van der Waals surface area contributed by atoms with Crippen LogP contribution in [0.25, 0.3) is 0 Å². The molecule has 0 spiro atoms. The van der Waals surface area contributed by atoms with Gasteiger partial charge in [0, 0.05) is 12.5 Å². The summed E-state index contributed by atoms with van der Waals surface area (Å²) in [5.74, 6) is -0.383. The normalized spacial score (nSPS) is 32.2. The summed E-state index contributed by atoms with van der Waals surface area (Å²) >= 11 is 0. The average molecular weight is 253 g/mol. The predicted molar refractivity (Wildman–Crippen MR) is 70.6 cm³/mol. The van der Waals surface area contributed by atoms with E-state index in [1.165, 1.54) is 4.90 Å².